The number of unbranched alkanes of at least 4 members (excludes halogenated alkanes) is 11. The lowest BCUT2D eigenvalue weighted by atomic mass is 10.1. The quantitative estimate of drug-likeness (QED) is 0.317. The molecule has 24 heavy (non-hydrogen) atoms. The van der Waals surface area contributed by atoms with Gasteiger partial charge in [0.05, 0.1) is 0 Å². The van der Waals surface area contributed by atoms with Crippen molar-refractivity contribution >= 4 is 11.9 Å². The third kappa shape index (κ3) is 15.8. The Morgan fingerprint density at radius 2 is 1.25 bits per heavy atom. The summed E-state index contributed by atoms with van der Waals surface area (Å²) in [6.45, 7) is 2.89. The van der Waals surface area contributed by atoms with Gasteiger partial charge in [-0.1, -0.05) is 77.6 Å². The van der Waals surface area contributed by atoms with Gasteiger partial charge in [0.2, 0.25) is 0 Å². The number of rotatable bonds is 18. The molecule has 0 radical (unpaired) electrons. The van der Waals surface area contributed by atoms with Gasteiger partial charge in [0.25, 0.3) is 0 Å². The van der Waals surface area contributed by atoms with Crippen molar-refractivity contribution in [2.24, 2.45) is 0 Å². The van der Waals surface area contributed by atoms with Gasteiger partial charge in [0.15, 0.2) is 0 Å². The zero-order valence-corrected chi connectivity index (χ0v) is 15.4. The first kappa shape index (κ1) is 22.9. The van der Waals surface area contributed by atoms with E-state index in [2.05, 4.69) is 12.2 Å². The Kier molecular flexibility index (Phi) is 16.0. The van der Waals surface area contributed by atoms with Crippen LogP contribution in [-0.4, -0.2) is 34.7 Å². The van der Waals surface area contributed by atoms with E-state index in [0.717, 1.165) is 12.8 Å². The maximum Gasteiger partial charge on any atom is 0.320 e. The van der Waals surface area contributed by atoms with Crippen molar-refractivity contribution in [1.82, 2.24) is 5.32 Å². The summed E-state index contributed by atoms with van der Waals surface area (Å²) in [7, 11) is 0. The molecule has 0 aliphatic carbocycles. The van der Waals surface area contributed by atoms with Gasteiger partial charge in [-0.05, 0) is 19.4 Å². The first-order chi connectivity index (χ1) is 11.6. The molecular weight excluding hydrogens is 306 g/mol. The summed E-state index contributed by atoms with van der Waals surface area (Å²) < 4.78 is 0. The van der Waals surface area contributed by atoms with E-state index >= 15 is 0 Å². The number of hydrogen-bond donors (Lipinski definition) is 3. The molecule has 0 rings (SSSR count). The largest absolute Gasteiger partial charge is 0.481 e. The van der Waals surface area contributed by atoms with Gasteiger partial charge in [-0.2, -0.15) is 0 Å². The average molecular weight is 344 g/mol. The lowest BCUT2D eigenvalue weighted by molar-refractivity contribution is -0.140. The first-order valence-electron chi connectivity index (χ1n) is 9.76. The number of aliphatic carboxylic acids is 2. The van der Waals surface area contributed by atoms with E-state index in [1.165, 1.54) is 64.2 Å². The van der Waals surface area contributed by atoms with E-state index in [-0.39, 0.29) is 12.8 Å². The molecule has 5 nitrogen and oxygen atoms in total. The van der Waals surface area contributed by atoms with Crippen molar-refractivity contribution in [2.45, 2.75) is 103 Å². The van der Waals surface area contributed by atoms with Crippen LogP contribution in [0, 0.1) is 0 Å². The molecule has 0 bridgehead atoms. The number of carboxylic acids is 2. The van der Waals surface area contributed by atoms with Gasteiger partial charge in [-0.15, -0.1) is 0 Å². The standard InChI is InChI=1S/C19H37NO4/c1-2-3-4-5-6-7-8-9-10-11-12-13-16-20-17(19(23)24)14-15-18(21)22/h17,20H,2-16H2,1H3,(H,21,22)(H,23,24)/t17-/m0/s1. The monoisotopic (exact) mass is 343 g/mol. The number of carboxylic acid groups (broad SMARTS) is 2. The molecule has 0 spiro atoms. The van der Waals surface area contributed by atoms with Gasteiger partial charge >= 0.3 is 11.9 Å². The third-order valence-electron chi connectivity index (χ3n) is 4.37. The maximum atomic E-state index is 11.0. The molecule has 0 aromatic carbocycles. The summed E-state index contributed by atoms with van der Waals surface area (Å²) in [5.74, 6) is -1.91. The van der Waals surface area contributed by atoms with Gasteiger partial charge in [0.1, 0.15) is 6.04 Å². The van der Waals surface area contributed by atoms with Crippen LogP contribution in [0.3, 0.4) is 0 Å². The molecule has 0 aromatic rings. The molecule has 0 aliphatic heterocycles. The van der Waals surface area contributed by atoms with E-state index in [1.54, 1.807) is 0 Å². The van der Waals surface area contributed by atoms with E-state index < -0.39 is 18.0 Å². The fourth-order valence-corrected chi connectivity index (χ4v) is 2.82. The Bertz CT molecular complexity index is 320. The first-order valence-corrected chi connectivity index (χ1v) is 9.76. The number of carbonyl (C=O) groups is 2. The maximum absolute atomic E-state index is 11.0. The summed E-state index contributed by atoms with van der Waals surface area (Å²) in [5, 5.41) is 20.6. The van der Waals surface area contributed by atoms with Crippen molar-refractivity contribution in [3.63, 3.8) is 0 Å². The van der Waals surface area contributed by atoms with Gasteiger partial charge in [0, 0.05) is 6.42 Å². The normalized spacial score (nSPS) is 12.2. The van der Waals surface area contributed by atoms with Crippen molar-refractivity contribution < 1.29 is 19.8 Å². The molecule has 0 amide bonds. The predicted molar refractivity (Wildman–Crippen MR) is 97.4 cm³/mol. The lowest BCUT2D eigenvalue weighted by Gasteiger charge is -2.13. The minimum Gasteiger partial charge on any atom is -0.481 e. The highest BCUT2D eigenvalue weighted by molar-refractivity contribution is 5.75. The van der Waals surface area contributed by atoms with Crippen LogP contribution in [0.25, 0.3) is 0 Å². The second-order valence-corrected chi connectivity index (χ2v) is 6.67. The van der Waals surface area contributed by atoms with Crippen molar-refractivity contribution in [2.75, 3.05) is 6.54 Å². The molecular formula is C19H37NO4. The van der Waals surface area contributed by atoms with E-state index in [9.17, 15) is 9.59 Å². The van der Waals surface area contributed by atoms with Gasteiger partial charge < -0.3 is 15.5 Å². The van der Waals surface area contributed by atoms with Crippen LogP contribution in [0.4, 0.5) is 0 Å². The predicted octanol–water partition coefficient (Wildman–Crippen LogP) is 4.60. The minimum atomic E-state index is -0.963. The van der Waals surface area contributed by atoms with Crippen LogP contribution in [0.1, 0.15) is 96.8 Å². The highest BCUT2D eigenvalue weighted by Crippen LogP contribution is 2.11. The van der Waals surface area contributed by atoms with Crippen molar-refractivity contribution in [3.8, 4) is 0 Å². The van der Waals surface area contributed by atoms with Gasteiger partial charge in [-0.3, -0.25) is 9.59 Å². The summed E-state index contributed by atoms with van der Waals surface area (Å²) in [6, 6.07) is -0.742. The zero-order chi connectivity index (χ0) is 18.0. The molecule has 0 aliphatic rings. The Morgan fingerprint density at radius 1 is 0.792 bits per heavy atom. The molecule has 0 aromatic heterocycles. The number of hydrogen-bond acceptors (Lipinski definition) is 3. The molecule has 142 valence electrons. The minimum absolute atomic E-state index is 0.109. The smallest absolute Gasteiger partial charge is 0.320 e. The van der Waals surface area contributed by atoms with Crippen molar-refractivity contribution in [1.29, 1.82) is 0 Å². The Balaban J connectivity index is 3.36. The fraction of sp³-hybridized carbons (Fsp3) is 0.895. The second-order valence-electron chi connectivity index (χ2n) is 6.67. The van der Waals surface area contributed by atoms with E-state index in [4.69, 9.17) is 10.2 Å². The number of nitrogens with one attached hydrogen (secondary N) is 1. The van der Waals surface area contributed by atoms with Crippen LogP contribution in [0.2, 0.25) is 0 Å². The molecule has 3 N–H and O–H groups in total. The SMILES string of the molecule is CCCCCCCCCCCCCCN[C@@H](CCC(=O)O)C(=O)O. The highest BCUT2D eigenvalue weighted by Gasteiger charge is 2.17. The zero-order valence-electron chi connectivity index (χ0n) is 15.4. The summed E-state index contributed by atoms with van der Waals surface area (Å²) in [5.41, 5.74) is 0. The molecule has 0 fully saturated rings. The topological polar surface area (TPSA) is 86.6 Å². The van der Waals surface area contributed by atoms with Crippen LogP contribution in [-0.2, 0) is 9.59 Å². The Labute approximate surface area is 147 Å². The molecule has 5 heteroatoms. The summed E-state index contributed by atoms with van der Waals surface area (Å²) in [4.78, 5) is 21.5. The molecule has 0 unspecified atom stereocenters. The Morgan fingerprint density at radius 3 is 1.67 bits per heavy atom. The van der Waals surface area contributed by atoms with Crippen LogP contribution >= 0.6 is 0 Å². The van der Waals surface area contributed by atoms with E-state index in [0.29, 0.717) is 6.54 Å². The van der Waals surface area contributed by atoms with E-state index in [1.807, 2.05) is 0 Å². The van der Waals surface area contributed by atoms with Crippen molar-refractivity contribution in [3.05, 3.63) is 0 Å². The summed E-state index contributed by atoms with van der Waals surface area (Å²) in [6.07, 6.45) is 15.4. The summed E-state index contributed by atoms with van der Waals surface area (Å²) >= 11 is 0. The molecule has 0 heterocycles. The van der Waals surface area contributed by atoms with Crippen LogP contribution in [0.15, 0.2) is 0 Å². The molecule has 0 saturated heterocycles. The third-order valence-corrected chi connectivity index (χ3v) is 4.37. The molecule has 1 atom stereocenters. The second kappa shape index (κ2) is 16.7. The molecule has 0 saturated carbocycles. The fourth-order valence-electron chi connectivity index (χ4n) is 2.82. The van der Waals surface area contributed by atoms with Crippen LogP contribution < -0.4 is 5.32 Å². The Hall–Kier alpha value is -1.10. The van der Waals surface area contributed by atoms with Crippen LogP contribution in [0.5, 0.6) is 0 Å². The lowest BCUT2D eigenvalue weighted by Crippen LogP contribution is -2.37. The average Bonchev–Trinajstić information content (AvgIpc) is 2.54. The highest BCUT2D eigenvalue weighted by atomic mass is 16.4. The van der Waals surface area contributed by atoms with Gasteiger partial charge in [-0.25, -0.2) is 0 Å².